The average Bonchev–Trinajstić information content (AvgIpc) is 3.35. The van der Waals surface area contributed by atoms with Crippen molar-refractivity contribution in [2.45, 2.75) is 12.5 Å². The highest BCUT2D eigenvalue weighted by Crippen LogP contribution is 2.33. The Hall–Kier alpha value is -3.98. The summed E-state index contributed by atoms with van der Waals surface area (Å²) in [6, 6.07) is 17.1. The summed E-state index contributed by atoms with van der Waals surface area (Å²) in [6.07, 6.45) is -0.245. The third kappa shape index (κ3) is 5.45. The first-order valence-corrected chi connectivity index (χ1v) is 10.4. The maximum Gasteiger partial charge on any atom is 0.255 e. The number of ether oxygens (including phenoxy) is 1. The second kappa shape index (κ2) is 10.1. The van der Waals surface area contributed by atoms with Crippen LogP contribution in [0.15, 0.2) is 66.7 Å². The van der Waals surface area contributed by atoms with Crippen LogP contribution in [0.4, 0.5) is 4.39 Å². The number of hydrogen-bond acceptors (Lipinski definition) is 6. The zero-order valence-corrected chi connectivity index (χ0v) is 18.0. The molecule has 1 amide bonds. The van der Waals surface area contributed by atoms with Gasteiger partial charge in [-0.2, -0.15) is 0 Å². The first-order valence-electron chi connectivity index (χ1n) is 10.0. The van der Waals surface area contributed by atoms with Gasteiger partial charge in [0.25, 0.3) is 5.91 Å². The summed E-state index contributed by atoms with van der Waals surface area (Å²) >= 11 is 6.26. The van der Waals surface area contributed by atoms with E-state index in [0.29, 0.717) is 34.1 Å². The molecule has 4 rings (SSSR count). The highest BCUT2D eigenvalue weighted by Gasteiger charge is 2.21. The average molecular weight is 468 g/mol. The molecule has 1 heterocycles. The van der Waals surface area contributed by atoms with Crippen LogP contribution in [0.5, 0.6) is 11.5 Å². The van der Waals surface area contributed by atoms with E-state index < -0.39 is 12.0 Å². The smallest absolute Gasteiger partial charge is 0.255 e. The van der Waals surface area contributed by atoms with E-state index in [1.54, 1.807) is 30.3 Å². The van der Waals surface area contributed by atoms with E-state index in [2.05, 4.69) is 25.9 Å². The van der Waals surface area contributed by atoms with Gasteiger partial charge in [0, 0.05) is 29.1 Å². The van der Waals surface area contributed by atoms with Crippen LogP contribution in [0, 0.1) is 5.82 Å². The van der Waals surface area contributed by atoms with Crippen LogP contribution in [0.3, 0.4) is 0 Å². The number of benzene rings is 3. The second-order valence-corrected chi connectivity index (χ2v) is 7.54. The normalized spacial score (nSPS) is 11.7. The van der Waals surface area contributed by atoms with E-state index in [0.717, 1.165) is 0 Å². The lowest BCUT2D eigenvalue weighted by atomic mass is 9.99. The van der Waals surface area contributed by atoms with Gasteiger partial charge in [-0.25, -0.2) is 9.49 Å². The molecule has 0 spiro atoms. The van der Waals surface area contributed by atoms with Crippen molar-refractivity contribution in [3.05, 3.63) is 88.7 Å². The number of phenols is 1. The van der Waals surface area contributed by atoms with Crippen LogP contribution in [0.25, 0.3) is 11.4 Å². The molecule has 3 N–H and O–H groups in total. The molecule has 33 heavy (non-hydrogen) atoms. The lowest BCUT2D eigenvalue weighted by Gasteiger charge is -2.22. The van der Waals surface area contributed by atoms with Gasteiger partial charge in [0.05, 0.1) is 5.56 Å². The molecule has 4 aromatic rings. The summed E-state index contributed by atoms with van der Waals surface area (Å²) in [5.41, 5.74) is 1.52. The number of aromatic hydroxyl groups is 1. The van der Waals surface area contributed by atoms with E-state index in [9.17, 15) is 14.3 Å². The van der Waals surface area contributed by atoms with Crippen LogP contribution in [-0.2, 0) is 0 Å². The molecule has 0 aliphatic rings. The molecule has 168 valence electrons. The topological polar surface area (TPSA) is 113 Å². The molecule has 0 radical (unpaired) electrons. The molecule has 8 nitrogen and oxygen atoms in total. The summed E-state index contributed by atoms with van der Waals surface area (Å²) in [7, 11) is 0. The fraction of sp³-hybridized carbons (Fsp3) is 0.130. The quantitative estimate of drug-likeness (QED) is 0.356. The molecule has 1 unspecified atom stereocenters. The highest BCUT2D eigenvalue weighted by molar-refractivity contribution is 6.30. The number of aromatic nitrogens is 4. The molecule has 0 saturated carbocycles. The number of carbonyl (C=O) groups is 1. The number of hydrogen-bond donors (Lipinski definition) is 3. The molecule has 1 aromatic heterocycles. The highest BCUT2D eigenvalue weighted by atomic mass is 35.5. The number of nitrogens with zero attached hydrogens (tertiary/aromatic N) is 3. The molecule has 0 bridgehead atoms. The molecular formula is C23H19ClFN5O3. The van der Waals surface area contributed by atoms with Crippen LogP contribution in [-0.4, -0.2) is 38.2 Å². The second-order valence-electron chi connectivity index (χ2n) is 7.10. The van der Waals surface area contributed by atoms with Crippen LogP contribution >= 0.6 is 11.6 Å². The van der Waals surface area contributed by atoms with Gasteiger partial charge in [0.15, 0.2) is 5.82 Å². The van der Waals surface area contributed by atoms with Gasteiger partial charge in [0.2, 0.25) is 0 Å². The van der Waals surface area contributed by atoms with Gasteiger partial charge in [-0.15, -0.1) is 5.10 Å². The molecule has 0 saturated heterocycles. The number of phenolic OH excluding ortho intramolecular Hbond substituents is 1. The Bertz CT molecular complexity index is 1240. The van der Waals surface area contributed by atoms with Gasteiger partial charge in [0.1, 0.15) is 23.4 Å². The third-order valence-electron chi connectivity index (χ3n) is 4.89. The molecular weight excluding hydrogens is 449 g/mol. The molecule has 1 atom stereocenters. The summed E-state index contributed by atoms with van der Waals surface area (Å²) < 4.78 is 19.5. The monoisotopic (exact) mass is 467 g/mol. The third-order valence-corrected chi connectivity index (χ3v) is 5.13. The van der Waals surface area contributed by atoms with Gasteiger partial charge >= 0.3 is 0 Å². The van der Waals surface area contributed by atoms with E-state index in [1.165, 1.54) is 36.4 Å². The van der Waals surface area contributed by atoms with E-state index in [1.807, 2.05) is 0 Å². The minimum atomic E-state index is -0.584. The summed E-state index contributed by atoms with van der Waals surface area (Å²) in [4.78, 5) is 12.5. The van der Waals surface area contributed by atoms with E-state index in [4.69, 9.17) is 16.3 Å². The summed E-state index contributed by atoms with van der Waals surface area (Å²) in [6.45, 7) is 0.222. The molecule has 10 heteroatoms. The van der Waals surface area contributed by atoms with Crippen molar-refractivity contribution in [3.8, 4) is 22.9 Å². The predicted molar refractivity (Wildman–Crippen MR) is 119 cm³/mol. The van der Waals surface area contributed by atoms with Gasteiger partial charge in [-0.1, -0.05) is 23.7 Å². The largest absolute Gasteiger partial charge is 0.507 e. The van der Waals surface area contributed by atoms with E-state index in [-0.39, 0.29) is 23.7 Å². The van der Waals surface area contributed by atoms with Crippen molar-refractivity contribution in [2.75, 3.05) is 6.54 Å². The van der Waals surface area contributed by atoms with Crippen molar-refractivity contribution < 1.29 is 19.0 Å². The Morgan fingerprint density at radius 1 is 1.15 bits per heavy atom. The number of nitrogens with one attached hydrogen (secondary N) is 2. The summed E-state index contributed by atoms with van der Waals surface area (Å²) in [5.74, 6) is -0.0453. The Labute approximate surface area is 193 Å². The lowest BCUT2D eigenvalue weighted by molar-refractivity contribution is 0.0943. The molecule has 0 aliphatic heterocycles. The fourth-order valence-electron chi connectivity index (χ4n) is 3.32. The van der Waals surface area contributed by atoms with Crippen LogP contribution in [0.1, 0.15) is 28.4 Å². The SMILES string of the molecule is O=C(NCCC(Oc1ccc(F)cc1)c1cc(Cl)ccc1-c1nnn[nH]1)c1ccccc1O. The first-order chi connectivity index (χ1) is 16.0. The van der Waals surface area contributed by atoms with Crippen molar-refractivity contribution in [1.29, 1.82) is 0 Å². The number of H-pyrrole nitrogens is 1. The van der Waals surface area contributed by atoms with Crippen molar-refractivity contribution in [3.63, 3.8) is 0 Å². The van der Waals surface area contributed by atoms with Crippen molar-refractivity contribution in [2.24, 2.45) is 0 Å². The van der Waals surface area contributed by atoms with Gasteiger partial charge in [-0.05, 0) is 65.0 Å². The molecule has 0 aliphatic carbocycles. The Morgan fingerprint density at radius 2 is 1.94 bits per heavy atom. The van der Waals surface area contributed by atoms with Crippen LogP contribution in [0.2, 0.25) is 5.02 Å². The Balaban J connectivity index is 1.59. The predicted octanol–water partition coefficient (Wildman–Crippen LogP) is 4.31. The zero-order chi connectivity index (χ0) is 23.2. The van der Waals surface area contributed by atoms with E-state index >= 15 is 0 Å². The summed E-state index contributed by atoms with van der Waals surface area (Å²) in [5, 5.41) is 27.1. The number of halogens is 2. The minimum Gasteiger partial charge on any atom is -0.507 e. The number of amides is 1. The van der Waals surface area contributed by atoms with Gasteiger partial charge < -0.3 is 15.2 Å². The van der Waals surface area contributed by atoms with Crippen molar-refractivity contribution in [1.82, 2.24) is 25.9 Å². The molecule has 3 aromatic carbocycles. The van der Waals surface area contributed by atoms with Crippen molar-refractivity contribution >= 4 is 17.5 Å². The fourth-order valence-corrected chi connectivity index (χ4v) is 3.50. The van der Waals surface area contributed by atoms with Gasteiger partial charge in [-0.3, -0.25) is 4.79 Å². The number of tetrazole rings is 1. The number of aromatic amines is 1. The molecule has 0 fully saturated rings. The number of rotatable bonds is 8. The Kier molecular flexibility index (Phi) is 6.80. The maximum absolute atomic E-state index is 13.4. The maximum atomic E-state index is 13.4. The standard InChI is InChI=1S/C23H19ClFN5O3/c24-14-5-10-17(22-27-29-30-28-22)19(13-14)21(33-16-8-6-15(25)7-9-16)11-12-26-23(32)18-3-1-2-4-20(18)31/h1-10,13,21,31H,11-12H2,(H,26,32)(H,27,28,29,30). The Morgan fingerprint density at radius 3 is 2.67 bits per heavy atom. The number of carbonyl (C=O) groups excluding carboxylic acids is 1. The zero-order valence-electron chi connectivity index (χ0n) is 17.2. The van der Waals surface area contributed by atoms with Crippen LogP contribution < -0.4 is 10.1 Å². The number of para-hydroxylation sites is 1. The minimum absolute atomic E-state index is 0.107. The lowest BCUT2D eigenvalue weighted by Crippen LogP contribution is -2.26. The first kappa shape index (κ1) is 22.2.